The van der Waals surface area contributed by atoms with E-state index in [0.29, 0.717) is 6.07 Å². The Morgan fingerprint density at radius 3 is 2.07 bits per heavy atom. The van der Waals surface area contributed by atoms with Gasteiger partial charge in [-0.15, -0.1) is 0 Å². The van der Waals surface area contributed by atoms with Crippen LogP contribution in [-0.4, -0.2) is 22.8 Å². The molecule has 0 radical (unpaired) electrons. The Balaban J connectivity index is 2.99. The van der Waals surface area contributed by atoms with E-state index in [1.54, 1.807) is 0 Å². The van der Waals surface area contributed by atoms with Crippen molar-refractivity contribution in [3.8, 4) is 0 Å². The predicted molar refractivity (Wildman–Crippen MR) is 73.2 cm³/mol. The van der Waals surface area contributed by atoms with E-state index in [4.69, 9.17) is 0 Å². The van der Waals surface area contributed by atoms with Gasteiger partial charge in [-0.25, -0.2) is 22.0 Å². The molecule has 1 aliphatic rings. The smallest absolute Gasteiger partial charge is 0.417 e. The molecule has 1 aliphatic carbocycles. The summed E-state index contributed by atoms with van der Waals surface area (Å²) in [5.41, 5.74) is -11.0. The number of halogens is 8. The van der Waals surface area contributed by atoms with Crippen molar-refractivity contribution in [3.05, 3.63) is 62.7 Å². The molecule has 6 nitrogen and oxygen atoms in total. The van der Waals surface area contributed by atoms with Crippen LogP contribution in [-0.2, 0) is 11.0 Å². The van der Waals surface area contributed by atoms with Crippen LogP contribution in [0.5, 0.6) is 0 Å². The number of benzene rings is 1. The third-order valence-electron chi connectivity index (χ3n) is 4.00. The van der Waals surface area contributed by atoms with E-state index in [9.17, 15) is 59.9 Å². The molecule has 1 aromatic rings. The summed E-state index contributed by atoms with van der Waals surface area (Å²) in [5.74, 6) is -18.2. The molecular formula is C15H4F8NO5-. The van der Waals surface area contributed by atoms with E-state index < -0.39 is 74.6 Å². The Bertz CT molecular complexity index is 999. The molecular weight excluding hydrogens is 426 g/mol. The highest BCUT2D eigenvalue weighted by atomic mass is 19.4. The van der Waals surface area contributed by atoms with E-state index >= 15 is 0 Å². The zero-order valence-corrected chi connectivity index (χ0v) is 13.3. The second-order valence-electron chi connectivity index (χ2n) is 5.53. The number of hydrogen-bond acceptors (Lipinski definition) is 5. The summed E-state index contributed by atoms with van der Waals surface area (Å²) in [6, 6.07) is 0.667. The topological polar surface area (TPSA) is 100 Å². The van der Waals surface area contributed by atoms with Crippen LogP contribution >= 0.6 is 0 Å². The van der Waals surface area contributed by atoms with Gasteiger partial charge in [0.1, 0.15) is 5.56 Å². The largest absolute Gasteiger partial charge is 0.548 e. The van der Waals surface area contributed by atoms with E-state index in [2.05, 4.69) is 0 Å². The van der Waals surface area contributed by atoms with Crippen LogP contribution in [0.2, 0.25) is 0 Å². The van der Waals surface area contributed by atoms with Gasteiger partial charge in [-0.3, -0.25) is 14.9 Å². The molecule has 1 aromatic carbocycles. The SMILES string of the molecule is O=C([O-])C1(C(=O)c2c([N+](=O)[O-])cccc2C(F)(F)F)C(F)=C(F)C(F)=C(F)C1F. The van der Waals surface area contributed by atoms with Gasteiger partial charge in [0.25, 0.3) is 5.69 Å². The normalized spacial score (nSPS) is 22.7. The van der Waals surface area contributed by atoms with Crippen molar-refractivity contribution in [2.75, 3.05) is 0 Å². The van der Waals surface area contributed by atoms with Gasteiger partial charge in [-0.05, 0) is 6.07 Å². The van der Waals surface area contributed by atoms with Crippen LogP contribution < -0.4 is 5.11 Å². The second-order valence-corrected chi connectivity index (χ2v) is 5.53. The van der Waals surface area contributed by atoms with Crippen LogP contribution in [0.25, 0.3) is 0 Å². The maximum Gasteiger partial charge on any atom is 0.417 e. The zero-order chi connectivity index (χ0) is 22.5. The van der Waals surface area contributed by atoms with E-state index in [1.807, 2.05) is 0 Å². The highest BCUT2D eigenvalue weighted by Crippen LogP contribution is 2.51. The first-order valence-electron chi connectivity index (χ1n) is 7.06. The number of carbonyl (C=O) groups is 2. The van der Waals surface area contributed by atoms with Crippen molar-refractivity contribution in [1.29, 1.82) is 0 Å². The Labute approximate surface area is 153 Å². The van der Waals surface area contributed by atoms with Crippen LogP contribution in [0.4, 0.5) is 40.8 Å². The fourth-order valence-electron chi connectivity index (χ4n) is 2.65. The minimum atomic E-state index is -5.61. The number of hydrogen-bond donors (Lipinski definition) is 0. The number of Topliss-reactive ketones (excluding diaryl/α,β-unsaturated/α-hetero) is 1. The van der Waals surface area contributed by atoms with Crippen molar-refractivity contribution in [3.63, 3.8) is 0 Å². The average Bonchev–Trinajstić information content (AvgIpc) is 2.63. The van der Waals surface area contributed by atoms with Gasteiger partial charge in [0.15, 0.2) is 40.7 Å². The lowest BCUT2D eigenvalue weighted by Crippen LogP contribution is -2.56. The molecule has 0 heterocycles. The molecule has 0 bridgehead atoms. The van der Waals surface area contributed by atoms with Crippen molar-refractivity contribution < 1.29 is 54.7 Å². The summed E-state index contributed by atoms with van der Waals surface area (Å²) in [7, 11) is 0. The molecule has 2 unspecified atom stereocenters. The van der Waals surface area contributed by atoms with E-state index in [1.165, 1.54) is 0 Å². The molecule has 0 amide bonds. The first-order valence-corrected chi connectivity index (χ1v) is 7.06. The number of alkyl halides is 4. The fourth-order valence-corrected chi connectivity index (χ4v) is 2.65. The third kappa shape index (κ3) is 3.03. The standard InChI is InChI=1S/C15H5F8NO5/c16-7-8(17)10(19)14(13(26)27,11(20)9(7)18)12(25)6-4(15(21,22)23)2-1-3-5(6)24(28)29/h1-3,10H,(H,26,27)/p-1. The average molecular weight is 430 g/mol. The number of rotatable bonds is 4. The molecule has 156 valence electrons. The Morgan fingerprint density at radius 2 is 1.62 bits per heavy atom. The van der Waals surface area contributed by atoms with Crippen LogP contribution in [0.3, 0.4) is 0 Å². The minimum absolute atomic E-state index is 0.0179. The lowest BCUT2D eigenvalue weighted by atomic mass is 9.71. The molecule has 29 heavy (non-hydrogen) atoms. The summed E-state index contributed by atoms with van der Waals surface area (Å²) in [6.07, 6.45) is -9.83. The number of nitrogens with zero attached hydrogens (tertiary/aromatic N) is 1. The van der Waals surface area contributed by atoms with Crippen LogP contribution in [0, 0.1) is 15.5 Å². The highest BCUT2D eigenvalue weighted by molar-refractivity contribution is 6.17. The summed E-state index contributed by atoms with van der Waals surface area (Å²) >= 11 is 0. The Morgan fingerprint density at radius 1 is 1.07 bits per heavy atom. The molecule has 2 rings (SSSR count). The van der Waals surface area contributed by atoms with E-state index in [0.717, 1.165) is 0 Å². The fraction of sp³-hybridized carbons (Fsp3) is 0.200. The molecule has 0 saturated heterocycles. The number of carboxylic acids is 1. The predicted octanol–water partition coefficient (Wildman–Crippen LogP) is 3.19. The quantitative estimate of drug-likeness (QED) is 0.240. The number of ketones is 1. The van der Waals surface area contributed by atoms with Crippen LogP contribution in [0.15, 0.2) is 41.5 Å². The van der Waals surface area contributed by atoms with Crippen molar-refractivity contribution in [2.24, 2.45) is 5.41 Å². The summed E-state index contributed by atoms with van der Waals surface area (Å²) in [5, 5.41) is 22.4. The van der Waals surface area contributed by atoms with Gasteiger partial charge in [0.2, 0.25) is 0 Å². The second kappa shape index (κ2) is 6.93. The van der Waals surface area contributed by atoms with Gasteiger partial charge in [-0.1, -0.05) is 6.07 Å². The van der Waals surface area contributed by atoms with Crippen molar-refractivity contribution in [1.82, 2.24) is 0 Å². The Kier molecular flexibility index (Phi) is 5.25. The van der Waals surface area contributed by atoms with Gasteiger partial charge < -0.3 is 9.90 Å². The summed E-state index contributed by atoms with van der Waals surface area (Å²) < 4.78 is 109. The van der Waals surface area contributed by atoms with Gasteiger partial charge in [0, 0.05) is 6.07 Å². The highest BCUT2D eigenvalue weighted by Gasteiger charge is 2.61. The molecule has 0 spiro atoms. The zero-order valence-electron chi connectivity index (χ0n) is 13.3. The monoisotopic (exact) mass is 430 g/mol. The molecule has 0 saturated carbocycles. The molecule has 2 atom stereocenters. The molecule has 0 aliphatic heterocycles. The number of aliphatic carboxylic acids is 1. The molecule has 14 heteroatoms. The minimum Gasteiger partial charge on any atom is -0.548 e. The first kappa shape index (κ1) is 22.0. The molecule has 0 aromatic heterocycles. The molecule has 0 N–H and O–H groups in total. The lowest BCUT2D eigenvalue weighted by Gasteiger charge is -2.36. The Hall–Kier alpha value is -3.32. The van der Waals surface area contributed by atoms with Crippen LogP contribution in [0.1, 0.15) is 15.9 Å². The lowest BCUT2D eigenvalue weighted by molar-refractivity contribution is -0.385. The van der Waals surface area contributed by atoms with Crippen molar-refractivity contribution >= 4 is 17.4 Å². The molecule has 0 fully saturated rings. The van der Waals surface area contributed by atoms with Gasteiger partial charge >= 0.3 is 6.18 Å². The number of carbonyl (C=O) groups excluding carboxylic acids is 2. The first-order chi connectivity index (χ1) is 13.2. The number of nitro groups is 1. The van der Waals surface area contributed by atoms with Gasteiger partial charge in [0.05, 0.1) is 16.5 Å². The number of carboxylic acid groups (broad SMARTS) is 1. The number of allylic oxidation sites excluding steroid dienone is 3. The maximum atomic E-state index is 14.3. The van der Waals surface area contributed by atoms with Gasteiger partial charge in [-0.2, -0.15) is 13.2 Å². The van der Waals surface area contributed by atoms with E-state index in [-0.39, 0.29) is 12.1 Å². The van der Waals surface area contributed by atoms with Crippen molar-refractivity contribution in [2.45, 2.75) is 12.3 Å². The summed E-state index contributed by atoms with van der Waals surface area (Å²) in [6.45, 7) is 0. The third-order valence-corrected chi connectivity index (χ3v) is 4.00. The maximum absolute atomic E-state index is 14.3. The number of nitro benzene ring substituents is 1. The summed E-state index contributed by atoms with van der Waals surface area (Å²) in [4.78, 5) is 33.3.